The van der Waals surface area contributed by atoms with E-state index in [-0.39, 0.29) is 11.5 Å². The summed E-state index contributed by atoms with van der Waals surface area (Å²) < 4.78 is 0. The molecule has 11 heteroatoms. The van der Waals surface area contributed by atoms with E-state index in [0.29, 0.717) is 36.6 Å². The molecule has 1 fully saturated rings. The first kappa shape index (κ1) is 24.7. The predicted molar refractivity (Wildman–Crippen MR) is 119 cm³/mol. The summed E-state index contributed by atoms with van der Waals surface area (Å²) in [5, 5.41) is 22.3. The molecular weight excluding hydrogens is 442 g/mol. The zero-order chi connectivity index (χ0) is 24.8. The third-order valence-electron chi connectivity index (χ3n) is 5.66. The molecule has 1 saturated heterocycles. The number of carboxylic acids is 1. The van der Waals surface area contributed by atoms with Gasteiger partial charge < -0.3 is 25.4 Å². The molecule has 0 saturated carbocycles. The van der Waals surface area contributed by atoms with Crippen LogP contribution in [0.25, 0.3) is 10.9 Å². The lowest BCUT2D eigenvalue weighted by atomic mass is 10.0. The van der Waals surface area contributed by atoms with Crippen molar-refractivity contribution in [3.05, 3.63) is 36.0 Å². The minimum Gasteiger partial charge on any atom is -0.481 e. The van der Waals surface area contributed by atoms with Crippen LogP contribution in [-0.4, -0.2) is 74.9 Å². The van der Waals surface area contributed by atoms with Gasteiger partial charge in [-0.15, -0.1) is 10.2 Å². The highest BCUT2D eigenvalue weighted by Crippen LogP contribution is 2.21. The standard InChI is InChI=1S/C23H26N5O6/c1-13(2)20(26-21(32)16-11-24-27-17-7-4-3-6-15(16)17)23(34)28-9-5-8-18(28)22(33)25-14(12-29)10-19(30)31/h3-4,6-7,12-14,18,20H,5,8-10H2,1-2H3,(H,25,33)(H,26,32)(H,30,31)/t14-,18-,20-/m0/s1. The van der Waals surface area contributed by atoms with Crippen LogP contribution in [0.2, 0.25) is 0 Å². The number of benzene rings is 1. The van der Waals surface area contributed by atoms with E-state index in [0.717, 1.165) is 0 Å². The molecule has 2 aromatic rings. The van der Waals surface area contributed by atoms with Crippen LogP contribution < -0.4 is 10.6 Å². The molecule has 1 aliphatic rings. The number of carbonyl (C=O) groups is 5. The highest BCUT2D eigenvalue weighted by Gasteiger charge is 2.39. The Morgan fingerprint density at radius 1 is 1.24 bits per heavy atom. The summed E-state index contributed by atoms with van der Waals surface area (Å²) in [6.07, 6.45) is 3.31. The van der Waals surface area contributed by atoms with Crippen LogP contribution in [0.15, 0.2) is 24.3 Å². The van der Waals surface area contributed by atoms with Crippen molar-refractivity contribution >= 4 is 40.9 Å². The molecule has 0 bridgehead atoms. The molecule has 0 aliphatic carbocycles. The first-order valence-corrected chi connectivity index (χ1v) is 10.9. The molecule has 1 aliphatic heterocycles. The largest absolute Gasteiger partial charge is 0.481 e. The van der Waals surface area contributed by atoms with Crippen LogP contribution in [-0.2, 0) is 19.2 Å². The third kappa shape index (κ3) is 5.53. The van der Waals surface area contributed by atoms with Gasteiger partial charge in [0.1, 0.15) is 24.6 Å². The van der Waals surface area contributed by atoms with E-state index < -0.39 is 48.2 Å². The Morgan fingerprint density at radius 2 is 1.97 bits per heavy atom. The number of likely N-dealkylation sites (tertiary alicyclic amines) is 1. The summed E-state index contributed by atoms with van der Waals surface area (Å²) in [6.45, 7) is 3.85. The van der Waals surface area contributed by atoms with Gasteiger partial charge in [0.2, 0.25) is 11.8 Å². The molecule has 2 heterocycles. The number of aliphatic carboxylic acids is 1. The number of aromatic nitrogens is 2. The van der Waals surface area contributed by atoms with E-state index in [9.17, 15) is 24.0 Å². The minimum atomic E-state index is -1.23. The molecule has 179 valence electrons. The summed E-state index contributed by atoms with van der Waals surface area (Å²) in [7, 11) is 0. The molecule has 0 spiro atoms. The molecule has 3 N–H and O–H groups in total. The maximum absolute atomic E-state index is 13.4. The van der Waals surface area contributed by atoms with Crippen molar-refractivity contribution in [3.63, 3.8) is 0 Å². The van der Waals surface area contributed by atoms with Gasteiger partial charge in [0, 0.05) is 11.9 Å². The maximum atomic E-state index is 13.4. The molecule has 1 aromatic heterocycles. The Balaban J connectivity index is 1.76. The Hall–Kier alpha value is -3.89. The number of carbonyl (C=O) groups excluding carboxylic acids is 4. The molecule has 1 aromatic carbocycles. The summed E-state index contributed by atoms with van der Waals surface area (Å²) >= 11 is 0. The van der Waals surface area contributed by atoms with Crippen molar-refractivity contribution in [2.24, 2.45) is 5.92 Å². The summed E-state index contributed by atoms with van der Waals surface area (Å²) in [5.41, 5.74) is 0.670. The van der Waals surface area contributed by atoms with Crippen LogP contribution in [0.3, 0.4) is 0 Å². The Labute approximate surface area is 195 Å². The van der Waals surface area contributed by atoms with Crippen molar-refractivity contribution in [2.45, 2.75) is 51.2 Å². The summed E-state index contributed by atoms with van der Waals surface area (Å²) in [4.78, 5) is 62.6. The van der Waals surface area contributed by atoms with Crippen LogP contribution in [0, 0.1) is 12.1 Å². The van der Waals surface area contributed by atoms with E-state index >= 15 is 0 Å². The molecule has 34 heavy (non-hydrogen) atoms. The number of aldehydes is 1. The van der Waals surface area contributed by atoms with E-state index in [4.69, 9.17) is 5.11 Å². The fourth-order valence-corrected chi connectivity index (χ4v) is 3.94. The van der Waals surface area contributed by atoms with Gasteiger partial charge in [0.25, 0.3) is 5.91 Å². The fraction of sp³-hybridized carbons (Fsp3) is 0.435. The predicted octanol–water partition coefficient (Wildman–Crippen LogP) is 0.334. The van der Waals surface area contributed by atoms with Crippen LogP contribution in [0.5, 0.6) is 0 Å². The molecule has 11 nitrogen and oxygen atoms in total. The third-order valence-corrected chi connectivity index (χ3v) is 5.66. The minimum absolute atomic E-state index is 0.155. The van der Waals surface area contributed by atoms with E-state index in [1.54, 1.807) is 38.1 Å². The smallest absolute Gasteiger partial charge is 0.305 e. The highest BCUT2D eigenvalue weighted by atomic mass is 16.4. The first-order valence-electron chi connectivity index (χ1n) is 10.9. The summed E-state index contributed by atoms with van der Waals surface area (Å²) in [5.74, 6) is -3.10. The molecule has 1 radical (unpaired) electrons. The lowest BCUT2D eigenvalue weighted by Gasteiger charge is -2.31. The van der Waals surface area contributed by atoms with E-state index in [1.807, 2.05) is 0 Å². The number of carboxylic acid groups (broad SMARTS) is 1. The second-order valence-corrected chi connectivity index (χ2v) is 8.44. The van der Waals surface area contributed by atoms with Crippen molar-refractivity contribution < 1.29 is 29.1 Å². The normalized spacial score (nSPS) is 17.3. The Kier molecular flexibility index (Phi) is 7.87. The van der Waals surface area contributed by atoms with Gasteiger partial charge in [-0.25, -0.2) is 0 Å². The number of hydrogen-bond acceptors (Lipinski definition) is 7. The molecular formula is C23H26N5O6. The Bertz CT molecular complexity index is 1100. The van der Waals surface area contributed by atoms with Gasteiger partial charge in [0.05, 0.1) is 23.5 Å². The molecule has 0 unspecified atom stereocenters. The van der Waals surface area contributed by atoms with E-state index in [1.165, 1.54) is 4.90 Å². The van der Waals surface area contributed by atoms with Crippen LogP contribution in [0.4, 0.5) is 0 Å². The first-order chi connectivity index (χ1) is 16.2. The fourth-order valence-electron chi connectivity index (χ4n) is 3.94. The number of hydrogen-bond donors (Lipinski definition) is 3. The van der Waals surface area contributed by atoms with Gasteiger partial charge in [0.15, 0.2) is 0 Å². The number of nitrogens with one attached hydrogen (secondary N) is 2. The second kappa shape index (κ2) is 10.8. The van der Waals surface area contributed by atoms with Crippen molar-refractivity contribution in [2.75, 3.05) is 6.54 Å². The van der Waals surface area contributed by atoms with Gasteiger partial charge in [-0.2, -0.15) is 0 Å². The van der Waals surface area contributed by atoms with Gasteiger partial charge in [-0.1, -0.05) is 32.0 Å². The zero-order valence-corrected chi connectivity index (χ0v) is 18.9. The number of amides is 3. The topological polar surface area (TPSA) is 159 Å². The molecule has 3 atom stereocenters. The van der Waals surface area contributed by atoms with Gasteiger partial charge in [-0.05, 0) is 24.8 Å². The van der Waals surface area contributed by atoms with Gasteiger partial charge >= 0.3 is 5.97 Å². The lowest BCUT2D eigenvalue weighted by molar-refractivity contribution is -0.142. The van der Waals surface area contributed by atoms with Crippen LogP contribution in [0.1, 0.15) is 43.5 Å². The van der Waals surface area contributed by atoms with Gasteiger partial charge in [-0.3, -0.25) is 19.2 Å². The lowest BCUT2D eigenvalue weighted by Crippen LogP contribution is -2.56. The second-order valence-electron chi connectivity index (χ2n) is 8.44. The van der Waals surface area contributed by atoms with Crippen LogP contribution >= 0.6 is 0 Å². The maximum Gasteiger partial charge on any atom is 0.305 e. The number of fused-ring (bicyclic) bond motifs is 1. The zero-order valence-electron chi connectivity index (χ0n) is 18.9. The Morgan fingerprint density at radius 3 is 2.65 bits per heavy atom. The van der Waals surface area contributed by atoms with E-state index in [2.05, 4.69) is 27.0 Å². The average molecular weight is 468 g/mol. The molecule has 3 amide bonds. The van der Waals surface area contributed by atoms with Crippen molar-refractivity contribution in [1.82, 2.24) is 25.7 Å². The summed E-state index contributed by atoms with van der Waals surface area (Å²) in [6, 6.07) is 3.96. The van der Waals surface area contributed by atoms with Crippen molar-refractivity contribution in [3.8, 4) is 0 Å². The SMILES string of the molecule is CC(C)[C@H](NC(=O)c1[c]nnc2ccccc12)C(=O)N1CCC[C@H]1C(=O)N[C@H](C=O)CC(=O)O. The highest BCUT2D eigenvalue weighted by molar-refractivity contribution is 6.07. The average Bonchev–Trinajstić information content (AvgIpc) is 3.30. The monoisotopic (exact) mass is 468 g/mol. The number of nitrogens with zero attached hydrogens (tertiary/aromatic N) is 3. The molecule has 3 rings (SSSR count). The van der Waals surface area contributed by atoms with Crippen molar-refractivity contribution in [1.29, 1.82) is 0 Å². The quantitative estimate of drug-likeness (QED) is 0.444. The number of rotatable bonds is 9.